The van der Waals surface area contributed by atoms with Gasteiger partial charge in [0, 0.05) is 48.2 Å². The van der Waals surface area contributed by atoms with E-state index in [-0.39, 0.29) is 18.9 Å². The number of rotatable bonds is 18. The van der Waals surface area contributed by atoms with E-state index in [1.807, 2.05) is 48.5 Å². The van der Waals surface area contributed by atoms with Crippen molar-refractivity contribution in [3.05, 3.63) is 97.1 Å². The second kappa shape index (κ2) is 20.5. The Bertz CT molecular complexity index is 2190. The summed E-state index contributed by atoms with van der Waals surface area (Å²) in [7, 11) is 0. The summed E-state index contributed by atoms with van der Waals surface area (Å²) in [5.74, 6) is 2.22. The number of hydrogen-bond acceptors (Lipinski definition) is 6. The molecule has 2 N–H and O–H groups in total. The standard InChI is InChI=1S/C25H30N2O3.C22H26N2O3/c28-24(29)14-8-3-9-17-30-21-15-16-22-23(18-21)27(20-12-6-2-7-13-20)25(26-22)19-10-4-1-5-11-19;1-16(2)24-20-15-18(27-14-8-4-7-11-21(25)26)12-13-19(20)23-22(24)17-9-5-3-6-10-17/h1,4-5,10-11,15-16,18,20H,2-3,6-9,12-14,17H2,(H,28,29);3,5-6,9-10,12-13,15-16H,4,7-8,11,14H2,1-2H3,(H,25,26). The van der Waals surface area contributed by atoms with E-state index in [4.69, 9.17) is 29.7 Å². The summed E-state index contributed by atoms with van der Waals surface area (Å²) in [6.07, 6.45) is 11.5. The van der Waals surface area contributed by atoms with Crippen molar-refractivity contribution in [1.29, 1.82) is 0 Å². The predicted molar refractivity (Wildman–Crippen MR) is 226 cm³/mol. The van der Waals surface area contributed by atoms with Gasteiger partial charge in [0.05, 0.1) is 35.3 Å². The second-order valence-corrected chi connectivity index (χ2v) is 15.1. The highest BCUT2D eigenvalue weighted by Gasteiger charge is 2.23. The van der Waals surface area contributed by atoms with E-state index < -0.39 is 11.9 Å². The summed E-state index contributed by atoms with van der Waals surface area (Å²) in [5.41, 5.74) is 6.42. The third-order valence-corrected chi connectivity index (χ3v) is 10.4. The van der Waals surface area contributed by atoms with Crippen LogP contribution in [0.15, 0.2) is 97.1 Å². The normalized spacial score (nSPS) is 13.1. The molecule has 6 aromatic rings. The molecule has 2 heterocycles. The van der Waals surface area contributed by atoms with Crippen LogP contribution in [-0.4, -0.2) is 54.5 Å². The minimum absolute atomic E-state index is 0.224. The lowest BCUT2D eigenvalue weighted by Crippen LogP contribution is -2.14. The first-order chi connectivity index (χ1) is 27.8. The summed E-state index contributed by atoms with van der Waals surface area (Å²) in [4.78, 5) is 31.0. The van der Waals surface area contributed by atoms with Crippen molar-refractivity contribution >= 4 is 34.0 Å². The number of ether oxygens (including phenoxy) is 2. The predicted octanol–water partition coefficient (Wildman–Crippen LogP) is 11.5. The molecule has 1 aliphatic carbocycles. The molecule has 4 aromatic carbocycles. The number of imidazole rings is 2. The Morgan fingerprint density at radius 1 is 0.632 bits per heavy atom. The highest BCUT2D eigenvalue weighted by Crippen LogP contribution is 2.37. The van der Waals surface area contributed by atoms with Crippen LogP contribution in [0.25, 0.3) is 44.8 Å². The Kier molecular flexibility index (Phi) is 14.7. The topological polar surface area (TPSA) is 129 Å². The first-order valence-electron chi connectivity index (χ1n) is 20.6. The highest BCUT2D eigenvalue weighted by atomic mass is 16.5. The molecule has 10 nitrogen and oxygen atoms in total. The summed E-state index contributed by atoms with van der Waals surface area (Å²) in [6.45, 7) is 5.51. The van der Waals surface area contributed by atoms with Crippen molar-refractivity contribution < 1.29 is 29.3 Å². The minimum atomic E-state index is -0.738. The fraction of sp³-hybridized carbons (Fsp3) is 0.404. The molecule has 1 fully saturated rings. The SMILES string of the molecule is CC(C)n1c(-c2ccccc2)nc2ccc(OCCCCCC(=O)O)cc21.O=C(O)CCCCCOc1ccc2nc(-c3ccccc3)n(C3CCCCC3)c2c1. The van der Waals surface area contributed by atoms with Gasteiger partial charge in [0.15, 0.2) is 0 Å². The van der Waals surface area contributed by atoms with Crippen LogP contribution in [0.2, 0.25) is 0 Å². The fourth-order valence-corrected chi connectivity index (χ4v) is 7.63. The fourth-order valence-electron chi connectivity index (χ4n) is 7.63. The maximum absolute atomic E-state index is 10.6. The molecule has 57 heavy (non-hydrogen) atoms. The zero-order valence-electron chi connectivity index (χ0n) is 33.3. The molecule has 300 valence electrons. The van der Waals surface area contributed by atoms with Crippen molar-refractivity contribution in [3.8, 4) is 34.3 Å². The number of unbranched alkanes of at least 4 members (excludes halogenated alkanes) is 4. The minimum Gasteiger partial charge on any atom is -0.494 e. The number of hydrogen-bond donors (Lipinski definition) is 2. The maximum Gasteiger partial charge on any atom is 0.303 e. The van der Waals surface area contributed by atoms with Gasteiger partial charge in [-0.25, -0.2) is 9.97 Å². The molecule has 0 aliphatic heterocycles. The number of carboxylic acid groups (broad SMARTS) is 2. The molecule has 0 unspecified atom stereocenters. The first-order valence-corrected chi connectivity index (χ1v) is 20.6. The van der Waals surface area contributed by atoms with E-state index in [9.17, 15) is 9.59 Å². The van der Waals surface area contributed by atoms with Crippen LogP contribution in [0.1, 0.15) is 109 Å². The quantitative estimate of drug-likeness (QED) is 0.0826. The van der Waals surface area contributed by atoms with Gasteiger partial charge in [-0.1, -0.05) is 79.9 Å². The number of carbonyl (C=O) groups is 2. The molecular formula is C47H56N4O6. The smallest absolute Gasteiger partial charge is 0.303 e. The van der Waals surface area contributed by atoms with Gasteiger partial charge in [0.25, 0.3) is 0 Å². The Morgan fingerprint density at radius 2 is 1.12 bits per heavy atom. The van der Waals surface area contributed by atoms with Crippen molar-refractivity contribution in [2.45, 2.75) is 109 Å². The summed E-state index contributed by atoms with van der Waals surface area (Å²) < 4.78 is 16.5. The molecule has 0 bridgehead atoms. The Balaban J connectivity index is 0.000000194. The zero-order valence-corrected chi connectivity index (χ0v) is 33.3. The van der Waals surface area contributed by atoms with Crippen LogP contribution in [-0.2, 0) is 9.59 Å². The molecule has 0 amide bonds. The average molecular weight is 773 g/mol. The molecule has 2 aromatic heterocycles. The number of carboxylic acids is 2. The van der Waals surface area contributed by atoms with Gasteiger partial charge in [0.2, 0.25) is 0 Å². The third-order valence-electron chi connectivity index (χ3n) is 10.4. The maximum atomic E-state index is 10.6. The first kappa shape index (κ1) is 41.0. The van der Waals surface area contributed by atoms with Gasteiger partial charge in [-0.05, 0) is 89.5 Å². The van der Waals surface area contributed by atoms with Gasteiger partial charge in [-0.3, -0.25) is 9.59 Å². The van der Waals surface area contributed by atoms with E-state index in [0.717, 1.165) is 82.0 Å². The summed E-state index contributed by atoms with van der Waals surface area (Å²) in [6, 6.07) is 33.6. The van der Waals surface area contributed by atoms with E-state index >= 15 is 0 Å². The van der Waals surface area contributed by atoms with E-state index in [2.05, 4.69) is 71.5 Å². The molecule has 0 atom stereocenters. The monoisotopic (exact) mass is 772 g/mol. The molecule has 0 saturated heterocycles. The molecular weight excluding hydrogens is 717 g/mol. The van der Waals surface area contributed by atoms with Gasteiger partial charge in [-0.2, -0.15) is 0 Å². The van der Waals surface area contributed by atoms with Crippen molar-refractivity contribution in [2.24, 2.45) is 0 Å². The Hall–Kier alpha value is -5.64. The Labute approximate surface area is 335 Å². The van der Waals surface area contributed by atoms with Crippen LogP contribution in [0.4, 0.5) is 0 Å². The van der Waals surface area contributed by atoms with Crippen LogP contribution in [0.5, 0.6) is 11.5 Å². The summed E-state index contributed by atoms with van der Waals surface area (Å²) in [5, 5.41) is 17.4. The lowest BCUT2D eigenvalue weighted by Gasteiger charge is -2.25. The third kappa shape index (κ3) is 11.2. The van der Waals surface area contributed by atoms with Crippen molar-refractivity contribution in [1.82, 2.24) is 19.1 Å². The molecule has 7 rings (SSSR count). The van der Waals surface area contributed by atoms with Crippen molar-refractivity contribution in [3.63, 3.8) is 0 Å². The van der Waals surface area contributed by atoms with Gasteiger partial charge < -0.3 is 28.8 Å². The van der Waals surface area contributed by atoms with Crippen LogP contribution >= 0.6 is 0 Å². The lowest BCUT2D eigenvalue weighted by atomic mass is 9.95. The number of benzene rings is 4. The zero-order chi connectivity index (χ0) is 40.0. The van der Waals surface area contributed by atoms with Crippen molar-refractivity contribution in [2.75, 3.05) is 13.2 Å². The van der Waals surface area contributed by atoms with Crippen LogP contribution in [0.3, 0.4) is 0 Å². The average Bonchev–Trinajstić information content (AvgIpc) is 3.80. The highest BCUT2D eigenvalue weighted by molar-refractivity contribution is 5.83. The van der Waals surface area contributed by atoms with Crippen LogP contribution < -0.4 is 9.47 Å². The number of fused-ring (bicyclic) bond motifs is 2. The summed E-state index contributed by atoms with van der Waals surface area (Å²) >= 11 is 0. The van der Waals surface area contributed by atoms with Gasteiger partial charge in [-0.15, -0.1) is 0 Å². The van der Waals surface area contributed by atoms with E-state index in [0.29, 0.717) is 32.1 Å². The number of nitrogens with zero attached hydrogens (tertiary/aromatic N) is 4. The van der Waals surface area contributed by atoms with Gasteiger partial charge >= 0.3 is 11.9 Å². The molecule has 0 spiro atoms. The number of aromatic nitrogens is 4. The molecule has 0 radical (unpaired) electrons. The number of aliphatic carboxylic acids is 2. The molecule has 1 aliphatic rings. The van der Waals surface area contributed by atoms with E-state index in [1.54, 1.807) is 0 Å². The Morgan fingerprint density at radius 3 is 1.65 bits per heavy atom. The van der Waals surface area contributed by atoms with Crippen LogP contribution in [0, 0.1) is 0 Å². The van der Waals surface area contributed by atoms with E-state index in [1.165, 1.54) is 32.1 Å². The molecule has 1 saturated carbocycles. The van der Waals surface area contributed by atoms with Gasteiger partial charge in [0.1, 0.15) is 23.1 Å². The lowest BCUT2D eigenvalue weighted by molar-refractivity contribution is -0.138. The second-order valence-electron chi connectivity index (χ2n) is 15.1. The molecule has 10 heteroatoms. The largest absolute Gasteiger partial charge is 0.494 e.